The number of aromatic amines is 1. The Morgan fingerprint density at radius 3 is 2.48 bits per heavy atom. The van der Waals surface area contributed by atoms with E-state index in [2.05, 4.69) is 15.3 Å². The normalized spacial score (nSPS) is 11.5. The largest absolute Gasteiger partial charge is 0.325 e. The van der Waals surface area contributed by atoms with E-state index in [-0.39, 0.29) is 27.6 Å². The van der Waals surface area contributed by atoms with Crippen molar-refractivity contribution in [3.05, 3.63) is 76.2 Å². The number of aryl methyl sites for hydroxylation is 1. The fourth-order valence-corrected chi connectivity index (χ4v) is 4.71. The molecule has 162 valence electrons. The number of hydrogen-bond acceptors (Lipinski definition) is 6. The lowest BCUT2D eigenvalue weighted by atomic mass is 10.0. The SMILES string of the molecule is Cc1cccc(NC(=O)CSc2ncc(S(=O)(=O)c3ccc(C(C)C)cc3)c(=O)[nH]2)c1. The molecule has 1 amide bonds. The summed E-state index contributed by atoms with van der Waals surface area (Å²) in [6.45, 7) is 5.94. The summed E-state index contributed by atoms with van der Waals surface area (Å²) in [6, 6.07) is 13.8. The van der Waals surface area contributed by atoms with Crippen molar-refractivity contribution in [1.29, 1.82) is 0 Å². The molecule has 0 aliphatic rings. The molecule has 0 aliphatic heterocycles. The lowest BCUT2D eigenvalue weighted by molar-refractivity contribution is -0.113. The summed E-state index contributed by atoms with van der Waals surface area (Å²) in [5, 5.41) is 2.93. The zero-order valence-electron chi connectivity index (χ0n) is 17.4. The minimum Gasteiger partial charge on any atom is -0.325 e. The minimum atomic E-state index is -4.00. The number of anilines is 1. The minimum absolute atomic E-state index is 0.0135. The molecule has 0 aliphatic carbocycles. The van der Waals surface area contributed by atoms with Crippen LogP contribution >= 0.6 is 11.8 Å². The first-order valence-electron chi connectivity index (χ1n) is 9.60. The summed E-state index contributed by atoms with van der Waals surface area (Å²) in [4.78, 5) is 30.6. The number of carbonyl (C=O) groups excluding carboxylic acids is 1. The molecule has 31 heavy (non-hydrogen) atoms. The molecule has 0 spiro atoms. The summed E-state index contributed by atoms with van der Waals surface area (Å²) in [7, 11) is -4.00. The van der Waals surface area contributed by atoms with Crippen LogP contribution in [0.3, 0.4) is 0 Å². The molecule has 9 heteroatoms. The molecule has 3 rings (SSSR count). The Balaban J connectivity index is 1.70. The van der Waals surface area contributed by atoms with Gasteiger partial charge in [0.05, 0.1) is 16.8 Å². The Morgan fingerprint density at radius 1 is 1.16 bits per heavy atom. The number of amides is 1. The van der Waals surface area contributed by atoms with Crippen LogP contribution in [0.5, 0.6) is 0 Å². The van der Waals surface area contributed by atoms with E-state index in [0.717, 1.165) is 29.1 Å². The molecule has 0 saturated carbocycles. The predicted molar refractivity (Wildman–Crippen MR) is 121 cm³/mol. The van der Waals surface area contributed by atoms with Gasteiger partial charge in [0.15, 0.2) is 10.1 Å². The van der Waals surface area contributed by atoms with Crippen LogP contribution in [0.25, 0.3) is 0 Å². The van der Waals surface area contributed by atoms with E-state index in [1.54, 1.807) is 18.2 Å². The van der Waals surface area contributed by atoms with Crippen molar-refractivity contribution in [2.24, 2.45) is 0 Å². The Hall–Kier alpha value is -2.91. The lowest BCUT2D eigenvalue weighted by Crippen LogP contribution is -2.20. The molecule has 0 saturated heterocycles. The smallest absolute Gasteiger partial charge is 0.270 e. The number of sulfone groups is 1. The maximum Gasteiger partial charge on any atom is 0.270 e. The standard InChI is InChI=1S/C22H23N3O4S2/c1-14(2)16-7-9-18(10-8-16)31(28,29)19-12-23-22(25-21(19)27)30-13-20(26)24-17-6-4-5-15(3)11-17/h4-12,14H,13H2,1-3H3,(H,24,26)(H,23,25,27). The van der Waals surface area contributed by atoms with Crippen LogP contribution in [0.2, 0.25) is 0 Å². The van der Waals surface area contributed by atoms with Gasteiger partial charge in [-0.15, -0.1) is 0 Å². The monoisotopic (exact) mass is 457 g/mol. The number of H-pyrrole nitrogens is 1. The van der Waals surface area contributed by atoms with Gasteiger partial charge in [0.2, 0.25) is 15.7 Å². The molecule has 0 radical (unpaired) electrons. The number of thioether (sulfide) groups is 1. The van der Waals surface area contributed by atoms with E-state index in [1.165, 1.54) is 12.1 Å². The second-order valence-electron chi connectivity index (χ2n) is 7.32. The van der Waals surface area contributed by atoms with Gasteiger partial charge in [0.1, 0.15) is 0 Å². The van der Waals surface area contributed by atoms with E-state index < -0.39 is 20.3 Å². The number of nitrogens with zero attached hydrogens (tertiary/aromatic N) is 1. The van der Waals surface area contributed by atoms with Crippen molar-refractivity contribution in [2.45, 2.75) is 41.6 Å². The van der Waals surface area contributed by atoms with E-state index >= 15 is 0 Å². The second kappa shape index (κ2) is 9.49. The highest BCUT2D eigenvalue weighted by atomic mass is 32.2. The van der Waals surface area contributed by atoms with Gasteiger partial charge in [-0.25, -0.2) is 13.4 Å². The van der Waals surface area contributed by atoms with Gasteiger partial charge in [-0.3, -0.25) is 9.59 Å². The highest BCUT2D eigenvalue weighted by molar-refractivity contribution is 7.99. The zero-order valence-corrected chi connectivity index (χ0v) is 19.0. The molecule has 0 fully saturated rings. The first-order valence-corrected chi connectivity index (χ1v) is 12.1. The van der Waals surface area contributed by atoms with E-state index in [0.29, 0.717) is 5.69 Å². The Labute approximate surface area is 185 Å². The molecule has 2 aromatic carbocycles. The van der Waals surface area contributed by atoms with Gasteiger partial charge in [0, 0.05) is 5.69 Å². The first-order chi connectivity index (χ1) is 14.7. The van der Waals surface area contributed by atoms with Crippen molar-refractivity contribution < 1.29 is 13.2 Å². The number of nitrogens with one attached hydrogen (secondary N) is 2. The molecule has 0 bridgehead atoms. The van der Waals surface area contributed by atoms with Crippen LogP contribution in [-0.2, 0) is 14.6 Å². The molecule has 0 unspecified atom stereocenters. The number of benzene rings is 2. The zero-order chi connectivity index (χ0) is 22.6. The highest BCUT2D eigenvalue weighted by Crippen LogP contribution is 2.22. The quantitative estimate of drug-likeness (QED) is 0.413. The van der Waals surface area contributed by atoms with Crippen LogP contribution in [0.15, 0.2) is 74.5 Å². The number of carbonyl (C=O) groups is 1. The van der Waals surface area contributed by atoms with Crippen LogP contribution in [0.1, 0.15) is 30.9 Å². The van der Waals surface area contributed by atoms with Crippen molar-refractivity contribution in [3.8, 4) is 0 Å². The van der Waals surface area contributed by atoms with Crippen LogP contribution in [0, 0.1) is 6.92 Å². The van der Waals surface area contributed by atoms with Crippen molar-refractivity contribution >= 4 is 33.2 Å². The van der Waals surface area contributed by atoms with Crippen molar-refractivity contribution in [2.75, 3.05) is 11.1 Å². The van der Waals surface area contributed by atoms with Gasteiger partial charge >= 0.3 is 0 Å². The van der Waals surface area contributed by atoms with Crippen molar-refractivity contribution in [1.82, 2.24) is 9.97 Å². The Kier molecular flexibility index (Phi) is 6.97. The Morgan fingerprint density at radius 2 is 1.87 bits per heavy atom. The predicted octanol–water partition coefficient (Wildman–Crippen LogP) is 3.77. The summed E-state index contributed by atoms with van der Waals surface area (Å²) < 4.78 is 25.6. The van der Waals surface area contributed by atoms with Crippen LogP contribution in [0.4, 0.5) is 5.69 Å². The molecule has 7 nitrogen and oxygen atoms in total. The third-order valence-electron chi connectivity index (χ3n) is 4.53. The third-order valence-corrected chi connectivity index (χ3v) is 7.18. The summed E-state index contributed by atoms with van der Waals surface area (Å²) in [5.41, 5.74) is 1.93. The molecular weight excluding hydrogens is 434 g/mol. The summed E-state index contributed by atoms with van der Waals surface area (Å²) in [6.07, 6.45) is 1.03. The molecule has 1 aromatic heterocycles. The Bertz CT molecular complexity index is 1250. The molecular formula is C22H23N3O4S2. The molecule has 2 N–H and O–H groups in total. The maximum absolute atomic E-state index is 12.8. The van der Waals surface area contributed by atoms with Gasteiger partial charge in [0.25, 0.3) is 5.56 Å². The molecule has 1 heterocycles. The maximum atomic E-state index is 12.8. The average Bonchev–Trinajstić information content (AvgIpc) is 2.72. The second-order valence-corrected chi connectivity index (χ2v) is 10.2. The number of aromatic nitrogens is 2. The van der Waals surface area contributed by atoms with Gasteiger partial charge < -0.3 is 10.3 Å². The average molecular weight is 458 g/mol. The molecule has 3 aromatic rings. The summed E-state index contributed by atoms with van der Waals surface area (Å²) in [5.74, 6) is 0.0149. The highest BCUT2D eigenvalue weighted by Gasteiger charge is 2.22. The van der Waals surface area contributed by atoms with Crippen LogP contribution in [-0.4, -0.2) is 30.0 Å². The fourth-order valence-electron chi connectivity index (χ4n) is 2.84. The summed E-state index contributed by atoms with van der Waals surface area (Å²) >= 11 is 1.01. The van der Waals surface area contributed by atoms with Gasteiger partial charge in [-0.2, -0.15) is 0 Å². The topological polar surface area (TPSA) is 109 Å². The van der Waals surface area contributed by atoms with Gasteiger partial charge in [-0.1, -0.05) is 49.9 Å². The van der Waals surface area contributed by atoms with Crippen LogP contribution < -0.4 is 10.9 Å². The van der Waals surface area contributed by atoms with E-state index in [1.807, 2.05) is 39.0 Å². The first kappa shape index (κ1) is 22.8. The van der Waals surface area contributed by atoms with E-state index in [9.17, 15) is 18.0 Å². The number of hydrogen-bond donors (Lipinski definition) is 2. The number of rotatable bonds is 7. The van der Waals surface area contributed by atoms with E-state index in [4.69, 9.17) is 0 Å². The van der Waals surface area contributed by atoms with Gasteiger partial charge in [-0.05, 0) is 48.2 Å². The van der Waals surface area contributed by atoms with Crippen molar-refractivity contribution in [3.63, 3.8) is 0 Å². The molecule has 0 atom stereocenters. The lowest BCUT2D eigenvalue weighted by Gasteiger charge is -2.08. The fraction of sp³-hybridized carbons (Fsp3) is 0.227. The third kappa shape index (κ3) is 5.62.